The number of oxime groups is 1. The third-order valence-corrected chi connectivity index (χ3v) is 7.03. The second-order valence-electron chi connectivity index (χ2n) is 8.79. The number of nitrogens with one attached hydrogen (secondary N) is 1. The van der Waals surface area contributed by atoms with Crippen LogP contribution in [0, 0.1) is 18.7 Å². The number of H-pyrrole nitrogens is 1. The molecular formula is C24H25ClFN3O3. The molecule has 2 aliphatic rings. The highest BCUT2D eigenvalue weighted by atomic mass is 35.5. The Morgan fingerprint density at radius 3 is 2.75 bits per heavy atom. The molecule has 0 spiro atoms. The number of likely N-dealkylation sites (tertiary alicyclic amines) is 1. The fourth-order valence-electron chi connectivity index (χ4n) is 4.75. The average Bonchev–Trinajstić information content (AvgIpc) is 3.40. The summed E-state index contributed by atoms with van der Waals surface area (Å²) in [5, 5.41) is 4.79. The minimum absolute atomic E-state index is 0.00856. The van der Waals surface area contributed by atoms with E-state index in [2.05, 4.69) is 15.0 Å². The molecule has 1 unspecified atom stereocenters. The van der Waals surface area contributed by atoms with Crippen LogP contribution in [0.4, 0.5) is 4.39 Å². The predicted octanol–water partition coefficient (Wildman–Crippen LogP) is 4.67. The van der Waals surface area contributed by atoms with Gasteiger partial charge in [0.05, 0.1) is 10.7 Å². The van der Waals surface area contributed by atoms with E-state index in [-0.39, 0.29) is 11.9 Å². The Hall–Kier alpha value is -2.64. The number of benzene rings is 2. The van der Waals surface area contributed by atoms with Crippen LogP contribution in [-0.4, -0.2) is 41.3 Å². The molecule has 32 heavy (non-hydrogen) atoms. The normalized spacial score (nSPS) is 20.0. The number of hydrogen-bond donors (Lipinski definition) is 1. The highest BCUT2D eigenvalue weighted by Crippen LogP contribution is 2.31. The number of aromatic nitrogens is 1. The van der Waals surface area contributed by atoms with Crippen LogP contribution in [0.25, 0.3) is 11.1 Å². The maximum Gasteiger partial charge on any atom is 0.417 e. The van der Waals surface area contributed by atoms with Gasteiger partial charge in [-0.15, -0.1) is 0 Å². The van der Waals surface area contributed by atoms with Crippen molar-refractivity contribution in [2.75, 3.05) is 19.6 Å². The molecule has 5 rings (SSSR count). The standard InChI is InChI=1S/C24H25ClFN3O3/c1-14-19(12-21-23(22(14)25)27-24(30)31-21)20-11-18(32-28-20)13-29-8-6-16(7-9-29)10-15-2-4-17(26)5-3-15/h2-5,12,16,18H,6-11,13H2,1H3,(H,27,30). The zero-order valence-electron chi connectivity index (χ0n) is 17.9. The second kappa shape index (κ2) is 8.71. The Morgan fingerprint density at radius 2 is 2.00 bits per heavy atom. The maximum atomic E-state index is 13.1. The van der Waals surface area contributed by atoms with Gasteiger partial charge < -0.3 is 9.25 Å². The van der Waals surface area contributed by atoms with Crippen molar-refractivity contribution in [1.29, 1.82) is 0 Å². The lowest BCUT2D eigenvalue weighted by molar-refractivity contribution is 0.0419. The summed E-state index contributed by atoms with van der Waals surface area (Å²) in [6.45, 7) is 4.77. The van der Waals surface area contributed by atoms with Gasteiger partial charge in [-0.05, 0) is 74.5 Å². The predicted molar refractivity (Wildman–Crippen MR) is 122 cm³/mol. The highest BCUT2D eigenvalue weighted by molar-refractivity contribution is 6.36. The van der Waals surface area contributed by atoms with E-state index in [1.54, 1.807) is 6.07 Å². The summed E-state index contributed by atoms with van der Waals surface area (Å²) < 4.78 is 18.3. The summed E-state index contributed by atoms with van der Waals surface area (Å²) in [6.07, 6.45) is 3.92. The summed E-state index contributed by atoms with van der Waals surface area (Å²) in [6, 6.07) is 8.65. The topological polar surface area (TPSA) is 70.8 Å². The molecule has 0 saturated carbocycles. The van der Waals surface area contributed by atoms with E-state index in [9.17, 15) is 9.18 Å². The Balaban J connectivity index is 1.16. The van der Waals surface area contributed by atoms with E-state index in [0.29, 0.717) is 28.5 Å². The van der Waals surface area contributed by atoms with Crippen LogP contribution in [0.3, 0.4) is 0 Å². The van der Waals surface area contributed by atoms with Crippen molar-refractivity contribution < 1.29 is 13.6 Å². The summed E-state index contributed by atoms with van der Waals surface area (Å²) in [4.78, 5) is 22.3. The minimum atomic E-state index is -0.524. The molecule has 1 N–H and O–H groups in total. The zero-order chi connectivity index (χ0) is 22.2. The lowest BCUT2D eigenvalue weighted by atomic mass is 9.90. The third kappa shape index (κ3) is 4.32. The number of rotatable bonds is 5. The van der Waals surface area contributed by atoms with E-state index in [4.69, 9.17) is 20.9 Å². The van der Waals surface area contributed by atoms with Gasteiger partial charge in [-0.2, -0.15) is 0 Å². The van der Waals surface area contributed by atoms with Gasteiger partial charge in [0.25, 0.3) is 0 Å². The van der Waals surface area contributed by atoms with Crippen molar-refractivity contribution >= 4 is 28.4 Å². The fraction of sp³-hybridized carbons (Fsp3) is 0.417. The number of nitrogens with zero attached hydrogens (tertiary/aromatic N) is 2. The average molecular weight is 458 g/mol. The van der Waals surface area contributed by atoms with Crippen molar-refractivity contribution in [1.82, 2.24) is 9.88 Å². The molecule has 0 radical (unpaired) electrons. The molecule has 2 aromatic carbocycles. The number of aromatic amines is 1. The molecule has 0 bridgehead atoms. The smallest absolute Gasteiger partial charge is 0.408 e. The summed E-state index contributed by atoms with van der Waals surface area (Å²) >= 11 is 6.44. The first-order valence-electron chi connectivity index (χ1n) is 11.0. The SMILES string of the molecule is Cc1c(C2=NOC(CN3CCC(Cc4ccc(F)cc4)CC3)C2)cc2oc(=O)[nH]c2c1Cl. The zero-order valence-corrected chi connectivity index (χ0v) is 18.6. The van der Waals surface area contributed by atoms with E-state index in [1.807, 2.05) is 19.1 Å². The molecule has 3 aromatic rings. The van der Waals surface area contributed by atoms with Crippen LogP contribution in [0.5, 0.6) is 0 Å². The molecule has 8 heteroatoms. The third-order valence-electron chi connectivity index (χ3n) is 6.55. The van der Waals surface area contributed by atoms with Crippen LogP contribution in [0.2, 0.25) is 5.02 Å². The molecule has 2 aliphatic heterocycles. The Morgan fingerprint density at radius 1 is 1.25 bits per heavy atom. The van der Waals surface area contributed by atoms with Gasteiger partial charge in [0.15, 0.2) is 5.58 Å². The molecule has 1 aromatic heterocycles. The van der Waals surface area contributed by atoms with Gasteiger partial charge in [0, 0.05) is 18.5 Å². The molecule has 6 nitrogen and oxygen atoms in total. The van der Waals surface area contributed by atoms with Gasteiger partial charge in [0.1, 0.15) is 17.4 Å². The van der Waals surface area contributed by atoms with Crippen LogP contribution in [-0.2, 0) is 11.3 Å². The van der Waals surface area contributed by atoms with E-state index < -0.39 is 5.76 Å². The van der Waals surface area contributed by atoms with Crippen LogP contribution in [0.1, 0.15) is 36.0 Å². The number of hydrogen-bond acceptors (Lipinski definition) is 5. The summed E-state index contributed by atoms with van der Waals surface area (Å²) in [7, 11) is 0. The Labute approximate surface area is 190 Å². The first-order valence-corrected chi connectivity index (χ1v) is 11.4. The minimum Gasteiger partial charge on any atom is -0.408 e. The van der Waals surface area contributed by atoms with Crippen LogP contribution in [0.15, 0.2) is 44.7 Å². The van der Waals surface area contributed by atoms with Crippen molar-refractivity contribution in [3.63, 3.8) is 0 Å². The Kier molecular flexibility index (Phi) is 5.78. The van der Waals surface area contributed by atoms with E-state index in [0.717, 1.165) is 55.7 Å². The molecule has 1 fully saturated rings. The van der Waals surface area contributed by atoms with Gasteiger partial charge >= 0.3 is 5.76 Å². The first kappa shape index (κ1) is 21.2. The first-order chi connectivity index (χ1) is 15.5. The van der Waals surface area contributed by atoms with Crippen molar-refractivity contribution in [2.45, 2.75) is 38.7 Å². The molecule has 1 saturated heterocycles. The van der Waals surface area contributed by atoms with Crippen LogP contribution >= 0.6 is 11.6 Å². The summed E-state index contributed by atoms with van der Waals surface area (Å²) in [5.41, 5.74) is 4.66. The largest absolute Gasteiger partial charge is 0.417 e. The van der Waals surface area contributed by atoms with E-state index in [1.165, 1.54) is 17.7 Å². The molecular weight excluding hydrogens is 433 g/mol. The Bertz CT molecular complexity index is 1210. The van der Waals surface area contributed by atoms with Gasteiger partial charge in [-0.1, -0.05) is 28.9 Å². The number of piperidine rings is 1. The lowest BCUT2D eigenvalue weighted by Gasteiger charge is -2.33. The fourth-order valence-corrected chi connectivity index (χ4v) is 4.99. The maximum absolute atomic E-state index is 13.1. The number of oxazole rings is 1. The van der Waals surface area contributed by atoms with Gasteiger partial charge in [0.2, 0.25) is 0 Å². The van der Waals surface area contributed by atoms with Crippen molar-refractivity contribution in [2.24, 2.45) is 11.1 Å². The second-order valence-corrected chi connectivity index (χ2v) is 9.17. The van der Waals surface area contributed by atoms with Gasteiger partial charge in [-0.3, -0.25) is 9.88 Å². The quantitative estimate of drug-likeness (QED) is 0.604. The lowest BCUT2D eigenvalue weighted by Crippen LogP contribution is -2.39. The monoisotopic (exact) mass is 457 g/mol. The van der Waals surface area contributed by atoms with Gasteiger partial charge in [-0.25, -0.2) is 9.18 Å². The van der Waals surface area contributed by atoms with Crippen molar-refractivity contribution in [3.8, 4) is 0 Å². The van der Waals surface area contributed by atoms with Crippen molar-refractivity contribution in [3.05, 3.63) is 68.4 Å². The number of halogens is 2. The molecule has 168 valence electrons. The molecule has 0 amide bonds. The van der Waals surface area contributed by atoms with Crippen LogP contribution < -0.4 is 5.76 Å². The highest BCUT2D eigenvalue weighted by Gasteiger charge is 2.29. The molecule has 0 aliphatic carbocycles. The summed E-state index contributed by atoms with van der Waals surface area (Å²) in [5.74, 6) is -0.0823. The molecule has 3 heterocycles. The van der Waals surface area contributed by atoms with E-state index >= 15 is 0 Å². The number of fused-ring (bicyclic) bond motifs is 1. The molecule has 1 atom stereocenters.